The molecule has 0 fully saturated rings. The van der Waals surface area contributed by atoms with E-state index in [1.807, 2.05) is 54.6 Å². The summed E-state index contributed by atoms with van der Waals surface area (Å²) in [5.41, 5.74) is 2.56. The highest BCUT2D eigenvalue weighted by Crippen LogP contribution is 2.32. The van der Waals surface area contributed by atoms with Crippen LogP contribution in [0.4, 0.5) is 0 Å². The van der Waals surface area contributed by atoms with Crippen LogP contribution in [0.5, 0.6) is 5.75 Å². The fourth-order valence-corrected chi connectivity index (χ4v) is 3.60. The molecular weight excluding hydrogens is 370 g/mol. The number of methoxy groups -OCH3 is 1. The number of hydrogen-bond acceptors (Lipinski definition) is 6. The number of thioether (sulfide) groups is 1. The van der Waals surface area contributed by atoms with E-state index < -0.39 is 0 Å². The van der Waals surface area contributed by atoms with Crippen LogP contribution in [0.3, 0.4) is 0 Å². The molecule has 0 radical (unpaired) electrons. The Morgan fingerprint density at radius 3 is 2.77 bits per heavy atom. The molecule has 130 valence electrons. The number of para-hydroxylation sites is 2. The lowest BCUT2D eigenvalue weighted by Gasteiger charge is -2.04. The Morgan fingerprint density at radius 1 is 1.08 bits per heavy atom. The van der Waals surface area contributed by atoms with E-state index in [0.29, 0.717) is 27.8 Å². The molecule has 7 heteroatoms. The Morgan fingerprint density at radius 2 is 1.88 bits per heavy atom. The summed E-state index contributed by atoms with van der Waals surface area (Å²) in [6.45, 7) is 0. The first kappa shape index (κ1) is 16.9. The fourth-order valence-electron chi connectivity index (χ4n) is 2.58. The Kier molecular flexibility index (Phi) is 4.77. The molecule has 0 bridgehead atoms. The smallest absolute Gasteiger partial charge is 0.277 e. The molecule has 4 aromatic rings. The van der Waals surface area contributed by atoms with E-state index in [1.165, 1.54) is 11.8 Å². The first-order valence-electron chi connectivity index (χ1n) is 7.88. The summed E-state index contributed by atoms with van der Waals surface area (Å²) in [4.78, 5) is 4.43. The van der Waals surface area contributed by atoms with E-state index in [4.69, 9.17) is 20.8 Å². The Bertz CT molecular complexity index is 1070. The van der Waals surface area contributed by atoms with Gasteiger partial charge in [0.2, 0.25) is 0 Å². The summed E-state index contributed by atoms with van der Waals surface area (Å²) in [5, 5.41) is 10.2. The maximum Gasteiger partial charge on any atom is 0.277 e. The number of halogens is 1. The van der Waals surface area contributed by atoms with Crippen molar-refractivity contribution in [2.24, 2.45) is 0 Å². The Balaban J connectivity index is 1.54. The van der Waals surface area contributed by atoms with Gasteiger partial charge in [-0.05, 0) is 24.3 Å². The van der Waals surface area contributed by atoms with E-state index in [-0.39, 0.29) is 0 Å². The molecule has 4 rings (SSSR count). The van der Waals surface area contributed by atoms with Crippen molar-refractivity contribution in [3.05, 3.63) is 65.3 Å². The van der Waals surface area contributed by atoms with E-state index in [1.54, 1.807) is 7.11 Å². The molecule has 2 heterocycles. The number of benzene rings is 2. The average molecular weight is 384 g/mol. The van der Waals surface area contributed by atoms with Gasteiger partial charge in [-0.15, -0.1) is 10.2 Å². The highest BCUT2D eigenvalue weighted by Gasteiger charge is 2.14. The topological polar surface area (TPSA) is 61.0 Å². The van der Waals surface area contributed by atoms with E-state index in [9.17, 15) is 0 Å². The molecule has 0 aliphatic carbocycles. The van der Waals surface area contributed by atoms with Gasteiger partial charge in [-0.2, -0.15) is 0 Å². The number of nitrogens with zero attached hydrogens (tertiary/aromatic N) is 3. The number of pyridine rings is 1. The molecule has 0 amide bonds. The highest BCUT2D eigenvalue weighted by atomic mass is 35.5. The summed E-state index contributed by atoms with van der Waals surface area (Å²) in [6.07, 6.45) is 0. The molecule has 0 N–H and O–H groups in total. The van der Waals surface area contributed by atoms with Gasteiger partial charge >= 0.3 is 0 Å². The first-order chi connectivity index (χ1) is 12.7. The number of ether oxygens (including phenoxy) is 1. The van der Waals surface area contributed by atoms with Crippen molar-refractivity contribution in [3.63, 3.8) is 0 Å². The van der Waals surface area contributed by atoms with E-state index >= 15 is 0 Å². The molecule has 0 saturated heterocycles. The second kappa shape index (κ2) is 7.35. The van der Waals surface area contributed by atoms with Crippen LogP contribution in [0.15, 0.2) is 64.2 Å². The van der Waals surface area contributed by atoms with Gasteiger partial charge in [-0.25, -0.2) is 4.98 Å². The van der Waals surface area contributed by atoms with Crippen LogP contribution in [0.25, 0.3) is 22.4 Å². The van der Waals surface area contributed by atoms with Crippen LogP contribution in [-0.2, 0) is 5.75 Å². The Hall–Kier alpha value is -2.57. The third kappa shape index (κ3) is 3.38. The molecule has 2 aromatic heterocycles. The van der Waals surface area contributed by atoms with E-state index in [2.05, 4.69) is 15.2 Å². The van der Waals surface area contributed by atoms with Gasteiger partial charge in [0.15, 0.2) is 0 Å². The van der Waals surface area contributed by atoms with Gasteiger partial charge in [-0.3, -0.25) is 0 Å². The van der Waals surface area contributed by atoms with Crippen molar-refractivity contribution in [2.75, 3.05) is 7.11 Å². The van der Waals surface area contributed by atoms with Gasteiger partial charge in [0.25, 0.3) is 11.1 Å². The fraction of sp³-hybridized carbons (Fsp3) is 0.105. The third-order valence-electron chi connectivity index (χ3n) is 3.85. The molecule has 0 spiro atoms. The summed E-state index contributed by atoms with van der Waals surface area (Å²) in [6, 6.07) is 17.4. The minimum Gasteiger partial charge on any atom is -0.496 e. The lowest BCUT2D eigenvalue weighted by molar-refractivity contribution is 0.411. The molecule has 0 atom stereocenters. The van der Waals surface area contributed by atoms with Crippen molar-refractivity contribution in [1.82, 2.24) is 15.2 Å². The maximum atomic E-state index is 6.30. The predicted octanol–water partition coefficient (Wildman–Crippen LogP) is 5.24. The molecule has 0 aliphatic heterocycles. The SMILES string of the molecule is COc1ccccc1-c1nnc(SCc2cc3ccccc3nc2Cl)o1. The van der Waals surface area contributed by atoms with Crippen LogP contribution >= 0.6 is 23.4 Å². The van der Waals surface area contributed by atoms with Crippen molar-refractivity contribution < 1.29 is 9.15 Å². The largest absolute Gasteiger partial charge is 0.496 e. The second-order valence-electron chi connectivity index (χ2n) is 5.49. The number of aromatic nitrogens is 3. The normalized spacial score (nSPS) is 11.0. The zero-order valence-corrected chi connectivity index (χ0v) is 15.4. The van der Waals surface area contributed by atoms with Gasteiger partial charge in [0.05, 0.1) is 18.2 Å². The summed E-state index contributed by atoms with van der Waals surface area (Å²) < 4.78 is 11.1. The van der Waals surface area contributed by atoms with Crippen molar-refractivity contribution >= 4 is 34.3 Å². The first-order valence-corrected chi connectivity index (χ1v) is 9.25. The molecular formula is C19H14ClN3O2S. The zero-order chi connectivity index (χ0) is 17.9. The standard InChI is InChI=1S/C19H14ClN3O2S/c1-24-16-9-5-3-7-14(16)18-22-23-19(25-18)26-11-13-10-12-6-2-4-8-15(12)21-17(13)20/h2-10H,11H2,1H3. The van der Waals surface area contributed by atoms with Gasteiger partial charge in [-0.1, -0.05) is 53.7 Å². The highest BCUT2D eigenvalue weighted by molar-refractivity contribution is 7.98. The van der Waals surface area contributed by atoms with E-state index in [0.717, 1.165) is 22.0 Å². The van der Waals surface area contributed by atoms with Crippen molar-refractivity contribution in [2.45, 2.75) is 11.0 Å². The van der Waals surface area contributed by atoms with Crippen molar-refractivity contribution in [3.8, 4) is 17.2 Å². The van der Waals surface area contributed by atoms with Crippen LogP contribution in [0.2, 0.25) is 5.15 Å². The number of fused-ring (bicyclic) bond motifs is 1. The molecule has 26 heavy (non-hydrogen) atoms. The van der Waals surface area contributed by atoms with Gasteiger partial charge in [0.1, 0.15) is 10.9 Å². The lowest BCUT2D eigenvalue weighted by Crippen LogP contribution is -1.88. The van der Waals surface area contributed by atoms with Gasteiger partial charge in [0, 0.05) is 16.7 Å². The van der Waals surface area contributed by atoms with Crippen LogP contribution < -0.4 is 4.74 Å². The molecule has 0 aliphatic rings. The number of hydrogen-bond donors (Lipinski definition) is 0. The molecule has 5 nitrogen and oxygen atoms in total. The molecule has 0 saturated carbocycles. The van der Waals surface area contributed by atoms with Crippen LogP contribution in [0, 0.1) is 0 Å². The Labute approximate surface area is 159 Å². The summed E-state index contributed by atoms with van der Waals surface area (Å²) >= 11 is 7.72. The third-order valence-corrected chi connectivity index (χ3v) is 5.04. The number of rotatable bonds is 5. The monoisotopic (exact) mass is 383 g/mol. The zero-order valence-electron chi connectivity index (χ0n) is 13.8. The summed E-state index contributed by atoms with van der Waals surface area (Å²) in [5.74, 6) is 1.70. The second-order valence-corrected chi connectivity index (χ2v) is 6.78. The quantitative estimate of drug-likeness (QED) is 0.347. The van der Waals surface area contributed by atoms with Crippen LogP contribution in [-0.4, -0.2) is 22.3 Å². The van der Waals surface area contributed by atoms with Gasteiger partial charge < -0.3 is 9.15 Å². The lowest BCUT2D eigenvalue weighted by atomic mass is 10.2. The van der Waals surface area contributed by atoms with Crippen molar-refractivity contribution in [1.29, 1.82) is 0 Å². The molecule has 0 unspecified atom stereocenters. The average Bonchev–Trinajstić information content (AvgIpc) is 3.15. The predicted molar refractivity (Wildman–Crippen MR) is 103 cm³/mol. The minimum atomic E-state index is 0.424. The molecule has 2 aromatic carbocycles. The van der Waals surface area contributed by atoms with Crippen LogP contribution in [0.1, 0.15) is 5.56 Å². The summed E-state index contributed by atoms with van der Waals surface area (Å²) in [7, 11) is 1.61. The minimum absolute atomic E-state index is 0.424. The maximum absolute atomic E-state index is 6.30.